The van der Waals surface area contributed by atoms with Gasteiger partial charge >= 0.3 is 0 Å². The van der Waals surface area contributed by atoms with Crippen LogP contribution in [-0.4, -0.2) is 25.0 Å². The van der Waals surface area contributed by atoms with E-state index in [1.807, 2.05) is 24.3 Å². The van der Waals surface area contributed by atoms with Gasteiger partial charge in [-0.1, -0.05) is 39.7 Å². The molecule has 0 radical (unpaired) electrons. The van der Waals surface area contributed by atoms with Crippen molar-refractivity contribution in [1.82, 2.24) is 5.32 Å². The lowest BCUT2D eigenvalue weighted by Crippen LogP contribution is -2.40. The highest BCUT2D eigenvalue weighted by atomic mass is 79.9. The van der Waals surface area contributed by atoms with Gasteiger partial charge in [0.2, 0.25) is 0 Å². The second kappa shape index (κ2) is 7.38. The molecule has 1 heterocycles. The highest BCUT2D eigenvalue weighted by molar-refractivity contribution is 9.10. The minimum Gasteiger partial charge on any atom is -0.496 e. The average Bonchev–Trinajstić information content (AvgIpc) is 2.93. The minimum atomic E-state index is -0.0115. The fourth-order valence-corrected chi connectivity index (χ4v) is 3.74. The van der Waals surface area contributed by atoms with E-state index >= 15 is 0 Å². The van der Waals surface area contributed by atoms with Crippen molar-refractivity contribution in [2.45, 2.75) is 32.2 Å². The Morgan fingerprint density at radius 3 is 2.72 bits per heavy atom. The predicted molar refractivity (Wildman–Crippen MR) is 108 cm³/mol. The summed E-state index contributed by atoms with van der Waals surface area (Å²) < 4.78 is 6.53. The van der Waals surface area contributed by atoms with Gasteiger partial charge in [-0.05, 0) is 62.1 Å². The number of halogens is 2. The Kier molecular flexibility index (Phi) is 5.40. The first-order valence-corrected chi connectivity index (χ1v) is 9.49. The summed E-state index contributed by atoms with van der Waals surface area (Å²) in [5, 5.41) is 4.28. The molecule has 0 spiro atoms. The zero-order chi connectivity index (χ0) is 18.0. The maximum atomic E-state index is 6.53. The van der Waals surface area contributed by atoms with Gasteiger partial charge in [0.1, 0.15) is 11.6 Å². The molecule has 0 aliphatic carbocycles. The third-order valence-electron chi connectivity index (χ3n) is 4.35. The smallest absolute Gasteiger partial charge is 0.129 e. The normalized spacial score (nSPS) is 15.6. The van der Waals surface area contributed by atoms with E-state index in [9.17, 15) is 0 Å². The van der Waals surface area contributed by atoms with Crippen LogP contribution in [0, 0.1) is 0 Å². The number of aryl methyl sites for hydroxylation is 1. The first-order chi connectivity index (χ1) is 11.9. The van der Waals surface area contributed by atoms with Crippen molar-refractivity contribution < 1.29 is 4.74 Å². The van der Waals surface area contributed by atoms with E-state index < -0.39 is 0 Å². The molecule has 0 fully saturated rings. The van der Waals surface area contributed by atoms with Crippen LogP contribution in [0.15, 0.2) is 45.9 Å². The number of amidine groups is 1. The molecule has 0 atom stereocenters. The van der Waals surface area contributed by atoms with Crippen LogP contribution in [0.3, 0.4) is 0 Å². The largest absolute Gasteiger partial charge is 0.496 e. The summed E-state index contributed by atoms with van der Waals surface area (Å²) in [6.07, 6.45) is 1.67. The molecule has 0 saturated carbocycles. The lowest BCUT2D eigenvalue weighted by molar-refractivity contribution is 0.409. The monoisotopic (exact) mass is 420 g/mol. The summed E-state index contributed by atoms with van der Waals surface area (Å²) >= 11 is 10.1. The summed E-state index contributed by atoms with van der Waals surface area (Å²) in [7, 11) is 1.70. The quantitative estimate of drug-likeness (QED) is 0.735. The van der Waals surface area contributed by atoms with Gasteiger partial charge in [-0.2, -0.15) is 0 Å². The Morgan fingerprint density at radius 1 is 1.24 bits per heavy atom. The van der Waals surface area contributed by atoms with Crippen LogP contribution in [0.5, 0.6) is 5.75 Å². The number of benzene rings is 2. The van der Waals surface area contributed by atoms with E-state index in [0.717, 1.165) is 57.2 Å². The summed E-state index contributed by atoms with van der Waals surface area (Å²) in [5.41, 5.74) is 3.36. The summed E-state index contributed by atoms with van der Waals surface area (Å²) in [6, 6.07) is 12.1. The van der Waals surface area contributed by atoms with E-state index in [0.29, 0.717) is 0 Å². The Balaban J connectivity index is 1.87. The first kappa shape index (κ1) is 18.3. The number of aliphatic imine (C=N–C) groups is 1. The van der Waals surface area contributed by atoms with Crippen molar-refractivity contribution in [3.8, 4) is 5.75 Å². The van der Waals surface area contributed by atoms with E-state index in [1.165, 1.54) is 0 Å². The molecule has 2 aromatic rings. The number of nitrogens with zero attached hydrogens (tertiary/aromatic N) is 1. The van der Waals surface area contributed by atoms with Crippen molar-refractivity contribution in [1.29, 1.82) is 0 Å². The van der Waals surface area contributed by atoms with E-state index in [-0.39, 0.29) is 5.54 Å². The molecule has 132 valence electrons. The number of nitrogens with one attached hydrogen (secondary N) is 1. The number of hydrogen-bond donors (Lipinski definition) is 1. The third kappa shape index (κ3) is 4.18. The topological polar surface area (TPSA) is 33.6 Å². The molecule has 0 unspecified atom stereocenters. The number of ether oxygens (including phenoxy) is 1. The predicted octanol–water partition coefficient (Wildman–Crippen LogP) is 5.02. The molecule has 25 heavy (non-hydrogen) atoms. The molecule has 0 amide bonds. The molecule has 2 aromatic carbocycles. The molecule has 1 aliphatic rings. The van der Waals surface area contributed by atoms with E-state index in [1.54, 1.807) is 7.11 Å². The zero-order valence-corrected chi connectivity index (χ0v) is 17.0. The maximum Gasteiger partial charge on any atom is 0.129 e. The molecule has 1 aliphatic heterocycles. The summed E-state index contributed by atoms with van der Waals surface area (Å²) in [6.45, 7) is 5.08. The van der Waals surface area contributed by atoms with Crippen LogP contribution < -0.4 is 10.1 Å². The lowest BCUT2D eigenvalue weighted by Gasteiger charge is -2.20. The Bertz CT molecular complexity index is 817. The van der Waals surface area contributed by atoms with Gasteiger partial charge < -0.3 is 10.1 Å². The molecular formula is C20H22BrClN2O. The second-order valence-electron chi connectivity index (χ2n) is 6.90. The Labute approximate surface area is 162 Å². The maximum absolute atomic E-state index is 6.53. The molecule has 3 rings (SSSR count). The lowest BCUT2D eigenvalue weighted by atomic mass is 9.98. The Morgan fingerprint density at radius 2 is 2.04 bits per heavy atom. The zero-order valence-electron chi connectivity index (χ0n) is 14.7. The van der Waals surface area contributed by atoms with Gasteiger partial charge in [0.25, 0.3) is 0 Å². The van der Waals surface area contributed by atoms with Crippen molar-refractivity contribution in [2.75, 3.05) is 13.7 Å². The van der Waals surface area contributed by atoms with Crippen molar-refractivity contribution in [3.63, 3.8) is 0 Å². The Hall–Kier alpha value is -1.52. The van der Waals surface area contributed by atoms with Crippen LogP contribution in [0.1, 0.15) is 30.5 Å². The fraction of sp³-hybridized carbons (Fsp3) is 0.350. The number of rotatable bonds is 5. The number of methoxy groups -OCH3 is 1. The van der Waals surface area contributed by atoms with Gasteiger partial charge in [0, 0.05) is 15.1 Å². The molecule has 0 saturated heterocycles. The van der Waals surface area contributed by atoms with Crippen molar-refractivity contribution in [2.24, 2.45) is 4.99 Å². The molecular weight excluding hydrogens is 400 g/mol. The van der Waals surface area contributed by atoms with Crippen LogP contribution in [0.25, 0.3) is 0 Å². The number of hydrogen-bond acceptors (Lipinski definition) is 3. The van der Waals surface area contributed by atoms with Gasteiger partial charge in [-0.3, -0.25) is 4.99 Å². The average molecular weight is 422 g/mol. The second-order valence-corrected chi connectivity index (χ2v) is 8.22. The minimum absolute atomic E-state index is 0.0115. The highest BCUT2D eigenvalue weighted by Crippen LogP contribution is 2.28. The fourth-order valence-electron chi connectivity index (χ4n) is 3.07. The van der Waals surface area contributed by atoms with Gasteiger partial charge in [0.05, 0.1) is 19.2 Å². The van der Waals surface area contributed by atoms with Gasteiger partial charge in [-0.15, -0.1) is 0 Å². The molecule has 1 N–H and O–H groups in total. The van der Waals surface area contributed by atoms with Gasteiger partial charge in [0.15, 0.2) is 0 Å². The third-order valence-corrected chi connectivity index (χ3v) is 5.20. The summed E-state index contributed by atoms with van der Waals surface area (Å²) in [4.78, 5) is 4.68. The van der Waals surface area contributed by atoms with Crippen molar-refractivity contribution >= 4 is 33.4 Å². The standard InChI is InChI=1S/C20H22BrClN2O/c1-20(2)12-23-19(24-20)16-5-4-6-17(22)15(16)9-7-13-11-14(21)8-10-18(13)25-3/h4-6,8,10-11H,7,9,12H2,1-3H3,(H,23,24). The van der Waals surface area contributed by atoms with Crippen molar-refractivity contribution in [3.05, 3.63) is 62.6 Å². The SMILES string of the molecule is COc1ccc(Br)cc1CCc1c(Cl)cccc1C1=NCC(C)(C)N1. The van der Waals surface area contributed by atoms with E-state index in [4.69, 9.17) is 16.3 Å². The van der Waals surface area contributed by atoms with Crippen LogP contribution >= 0.6 is 27.5 Å². The first-order valence-electron chi connectivity index (χ1n) is 8.32. The molecule has 3 nitrogen and oxygen atoms in total. The van der Waals surface area contributed by atoms with Gasteiger partial charge in [-0.25, -0.2) is 0 Å². The molecule has 5 heteroatoms. The van der Waals surface area contributed by atoms with Crippen LogP contribution in [-0.2, 0) is 12.8 Å². The van der Waals surface area contributed by atoms with Crippen LogP contribution in [0.2, 0.25) is 5.02 Å². The summed E-state index contributed by atoms with van der Waals surface area (Å²) in [5.74, 6) is 1.83. The molecule has 0 aromatic heterocycles. The highest BCUT2D eigenvalue weighted by Gasteiger charge is 2.27. The molecule has 0 bridgehead atoms. The van der Waals surface area contributed by atoms with E-state index in [2.05, 4.69) is 52.2 Å². The van der Waals surface area contributed by atoms with Crippen LogP contribution in [0.4, 0.5) is 0 Å².